The summed E-state index contributed by atoms with van der Waals surface area (Å²) < 4.78 is 12.4. The van der Waals surface area contributed by atoms with Gasteiger partial charge in [-0.3, -0.25) is 14.5 Å². The molecule has 4 aliphatic carbocycles. The Balaban J connectivity index is 1.34. The first-order valence-corrected chi connectivity index (χ1v) is 21.3. The van der Waals surface area contributed by atoms with Gasteiger partial charge in [-0.05, 0) is 98.6 Å². The van der Waals surface area contributed by atoms with Crippen molar-refractivity contribution < 1.29 is 33.8 Å². The first kappa shape index (κ1) is 36.3. The normalized spacial score (nSPS) is 34.5. The van der Waals surface area contributed by atoms with Crippen molar-refractivity contribution in [2.45, 2.75) is 83.1 Å². The summed E-state index contributed by atoms with van der Waals surface area (Å²) in [5, 5.41) is 17.0. The molecule has 1 aromatic rings. The number of carbonyl (C=O) groups is 4. The van der Waals surface area contributed by atoms with Crippen molar-refractivity contribution in [2.75, 3.05) is 24.3 Å². The Kier molecular flexibility index (Phi) is 9.97. The molecule has 11 nitrogen and oxygen atoms in total. The van der Waals surface area contributed by atoms with E-state index in [-0.39, 0.29) is 53.4 Å². The van der Waals surface area contributed by atoms with Crippen LogP contribution < -0.4 is 10.6 Å². The van der Waals surface area contributed by atoms with Crippen molar-refractivity contribution in [1.29, 1.82) is 0 Å². The lowest BCUT2D eigenvalue weighted by Gasteiger charge is -2.57. The highest BCUT2D eigenvalue weighted by molar-refractivity contribution is 8.76. The van der Waals surface area contributed by atoms with Crippen LogP contribution in [0.15, 0.2) is 76.4 Å². The van der Waals surface area contributed by atoms with Crippen LogP contribution in [0, 0.1) is 29.1 Å². The molecular weight excluding hydrogens is 713 g/mol. The highest BCUT2D eigenvalue weighted by atomic mass is 33.1. The van der Waals surface area contributed by atoms with Crippen LogP contribution in [-0.2, 0) is 28.7 Å². The number of pyridine rings is 1. The van der Waals surface area contributed by atoms with Crippen molar-refractivity contribution in [2.24, 2.45) is 29.1 Å². The molecular formula is C40H46N4O7S2. The van der Waals surface area contributed by atoms with E-state index in [1.54, 1.807) is 34.7 Å². The molecule has 1 spiro atoms. The first-order valence-electron chi connectivity index (χ1n) is 18.9. The van der Waals surface area contributed by atoms with Crippen molar-refractivity contribution in [3.63, 3.8) is 0 Å². The highest BCUT2D eigenvalue weighted by Crippen LogP contribution is 2.71. The maximum atomic E-state index is 14.6. The number of cyclic esters (lactones) is 1. The molecule has 8 atom stereocenters. The van der Waals surface area contributed by atoms with Gasteiger partial charge in [-0.2, -0.15) is 0 Å². The minimum absolute atomic E-state index is 0.0194. The molecule has 4 aliphatic heterocycles. The Labute approximate surface area is 317 Å². The highest BCUT2D eigenvalue weighted by Gasteiger charge is 2.69. The summed E-state index contributed by atoms with van der Waals surface area (Å²) >= 11 is 0. The second kappa shape index (κ2) is 14.5. The molecule has 53 heavy (non-hydrogen) atoms. The molecule has 13 heteroatoms. The number of fused-ring (bicyclic) bond motifs is 3. The zero-order valence-electron chi connectivity index (χ0n) is 30.3. The van der Waals surface area contributed by atoms with Crippen LogP contribution in [0.2, 0.25) is 0 Å². The lowest BCUT2D eigenvalue weighted by molar-refractivity contribution is -0.137. The molecule has 280 valence electrons. The van der Waals surface area contributed by atoms with Crippen molar-refractivity contribution in [3.8, 4) is 0 Å². The predicted octanol–water partition coefficient (Wildman–Crippen LogP) is 5.89. The monoisotopic (exact) mass is 758 g/mol. The lowest BCUT2D eigenvalue weighted by atomic mass is 9.43. The number of amides is 2. The summed E-state index contributed by atoms with van der Waals surface area (Å²) in [5.41, 5.74) is 3.06. The lowest BCUT2D eigenvalue weighted by Crippen LogP contribution is -2.53. The fraction of sp³-hybridized carbons (Fsp3) is 0.525. The van der Waals surface area contributed by atoms with E-state index in [4.69, 9.17) is 9.47 Å². The number of nitrogens with zero attached hydrogens (tertiary/aromatic N) is 2. The largest absolute Gasteiger partial charge is 0.427 e. The van der Waals surface area contributed by atoms with Crippen LogP contribution in [0.5, 0.6) is 0 Å². The Hall–Kier alpha value is -3.65. The number of aromatic nitrogens is 1. The number of allylic oxidation sites excluding steroid dienone is 4. The van der Waals surface area contributed by atoms with Gasteiger partial charge in [0.2, 0.25) is 0 Å². The maximum Gasteiger partial charge on any atom is 0.340 e. The number of nitrogens with one attached hydrogen (secondary N) is 2. The van der Waals surface area contributed by atoms with E-state index >= 15 is 0 Å². The number of unbranched alkanes of at least 4 members (excludes halogenated alkanes) is 1. The summed E-state index contributed by atoms with van der Waals surface area (Å²) in [6, 6.07) is 3.87. The maximum absolute atomic E-state index is 14.6. The number of rotatable bonds is 7. The zero-order valence-corrected chi connectivity index (χ0v) is 31.9. The number of imide groups is 1. The van der Waals surface area contributed by atoms with E-state index in [1.165, 1.54) is 17.1 Å². The molecule has 1 saturated carbocycles. The van der Waals surface area contributed by atoms with Crippen LogP contribution in [0.25, 0.3) is 0 Å². The second-order valence-corrected chi connectivity index (χ2v) is 17.8. The van der Waals surface area contributed by atoms with Crippen LogP contribution in [-0.4, -0.2) is 69.2 Å². The fourth-order valence-corrected chi connectivity index (χ4v) is 12.3. The Morgan fingerprint density at radius 2 is 1.98 bits per heavy atom. The molecule has 1 saturated heterocycles. The Morgan fingerprint density at radius 1 is 1.17 bits per heavy atom. The third-order valence-electron chi connectivity index (χ3n) is 12.1. The van der Waals surface area contributed by atoms with Crippen molar-refractivity contribution >= 4 is 51.2 Å². The van der Waals surface area contributed by atoms with Gasteiger partial charge in [0.1, 0.15) is 17.3 Å². The quantitative estimate of drug-likeness (QED) is 0.173. The first-order chi connectivity index (χ1) is 25.6. The summed E-state index contributed by atoms with van der Waals surface area (Å²) in [6.45, 7) is 6.51. The fourth-order valence-electron chi connectivity index (χ4n) is 9.86. The third-order valence-corrected chi connectivity index (χ3v) is 14.7. The Bertz CT molecular complexity index is 1880. The number of carbonyl (C=O) groups excluding carboxylic acids is 4. The number of aliphatic hydroxyl groups excluding tert-OH is 1. The molecule has 3 N–H and O–H groups in total. The van der Waals surface area contributed by atoms with Gasteiger partial charge < -0.3 is 25.2 Å². The van der Waals surface area contributed by atoms with Crippen molar-refractivity contribution in [1.82, 2.24) is 15.2 Å². The standard InChI is InChI=1S/C40H46N4O7S2/c1-4-5-6-28-26-9-8-25-24-13-15-40(35(25)34(26)38(48)50-28)29-10-7-21(2)37(42-18-22(3)45)53-52-20-43-30-17-23(14-16-41-30)27(33(24)36(40)39(49)51-29)19-44-31(46)11-12-32(44)47/h6,10-12,14,16-17,21-22,24-25,27,35,37,42,45H,4-5,7-9,13,15,18-20H2,1-3H3,(H,41,43)/b28-6-,29-10-/t21-,22+,24+,25+,27+,35-,37-,40+/m1/s1. The molecule has 2 fully saturated rings. The van der Waals surface area contributed by atoms with E-state index < -0.39 is 23.4 Å². The van der Waals surface area contributed by atoms with E-state index in [9.17, 15) is 24.3 Å². The molecule has 9 rings (SSSR count). The number of hydrogen-bond acceptors (Lipinski definition) is 12. The second-order valence-electron chi connectivity index (χ2n) is 15.3. The minimum Gasteiger partial charge on any atom is -0.427 e. The number of aliphatic hydroxyl groups is 1. The van der Waals surface area contributed by atoms with Crippen LogP contribution in [0.4, 0.5) is 5.82 Å². The van der Waals surface area contributed by atoms with E-state index in [0.29, 0.717) is 60.2 Å². The van der Waals surface area contributed by atoms with Crippen LogP contribution in [0.3, 0.4) is 0 Å². The minimum atomic E-state index is -0.906. The van der Waals surface area contributed by atoms with Crippen molar-refractivity contribution in [3.05, 3.63) is 82.0 Å². The van der Waals surface area contributed by atoms with Gasteiger partial charge in [-0.1, -0.05) is 41.9 Å². The van der Waals surface area contributed by atoms with Gasteiger partial charge in [0, 0.05) is 54.4 Å². The van der Waals surface area contributed by atoms with E-state index in [0.717, 1.165) is 42.4 Å². The average Bonchev–Trinajstić information content (AvgIpc) is 3.76. The van der Waals surface area contributed by atoms with Gasteiger partial charge in [0.15, 0.2) is 0 Å². The molecule has 0 unspecified atom stereocenters. The molecule has 7 bridgehead atoms. The van der Waals surface area contributed by atoms with E-state index in [2.05, 4.69) is 35.5 Å². The summed E-state index contributed by atoms with van der Waals surface area (Å²) in [7, 11) is 3.32. The third kappa shape index (κ3) is 6.21. The predicted molar refractivity (Wildman–Crippen MR) is 202 cm³/mol. The number of esters is 2. The smallest absolute Gasteiger partial charge is 0.340 e. The van der Waals surface area contributed by atoms with Crippen LogP contribution >= 0.6 is 21.6 Å². The Morgan fingerprint density at radius 3 is 2.75 bits per heavy atom. The number of ether oxygens (including phenoxy) is 2. The summed E-state index contributed by atoms with van der Waals surface area (Å²) in [6.07, 6.45) is 13.2. The number of anilines is 1. The summed E-state index contributed by atoms with van der Waals surface area (Å²) in [5.74, 6) is 0.170. The molecule has 2 amide bonds. The topological polar surface area (TPSA) is 147 Å². The van der Waals surface area contributed by atoms with Gasteiger partial charge in [0.05, 0.1) is 28.3 Å². The molecule has 8 aliphatic rings. The van der Waals surface area contributed by atoms with Gasteiger partial charge in [0.25, 0.3) is 11.8 Å². The van der Waals surface area contributed by atoms with E-state index in [1.807, 2.05) is 18.2 Å². The van der Waals surface area contributed by atoms with Crippen LogP contribution in [0.1, 0.15) is 77.2 Å². The molecule has 0 aromatic carbocycles. The van der Waals surface area contributed by atoms with Gasteiger partial charge >= 0.3 is 11.9 Å². The SMILES string of the molecule is CCC/C=C1\OC(=O)C2=C1CC[C@H]1[C@@H]3CC[C@@]4(C5=C3[C@@H](CN3C(=O)C=CC3=O)c3ccnc(c3)NCSS[C@@H](NC[C@H](C)O)[C@H](C)C/C=C/4OC5=O)[C@@H]21. The average molecular weight is 759 g/mol. The van der Waals surface area contributed by atoms with Gasteiger partial charge in [-0.15, -0.1) is 0 Å². The molecule has 1 aromatic heterocycles. The summed E-state index contributed by atoms with van der Waals surface area (Å²) in [4.78, 5) is 60.7. The number of hydrogen-bond donors (Lipinski definition) is 3. The molecule has 0 radical (unpaired) electrons. The van der Waals surface area contributed by atoms with Gasteiger partial charge in [-0.25, -0.2) is 14.6 Å². The zero-order chi connectivity index (χ0) is 37.0. The molecule has 5 heterocycles.